The molecule has 0 spiro atoms. The van der Waals surface area contributed by atoms with Crippen LogP contribution in [0.15, 0.2) is 42.5 Å². The van der Waals surface area contributed by atoms with Gasteiger partial charge in [0.25, 0.3) is 0 Å². The summed E-state index contributed by atoms with van der Waals surface area (Å²) in [6, 6.07) is 12.2. The summed E-state index contributed by atoms with van der Waals surface area (Å²) >= 11 is 18.0. The van der Waals surface area contributed by atoms with Gasteiger partial charge in [0.2, 0.25) is 5.78 Å². The molecule has 0 fully saturated rings. The van der Waals surface area contributed by atoms with Gasteiger partial charge in [0.15, 0.2) is 12.3 Å². The molecule has 0 saturated carbocycles. The van der Waals surface area contributed by atoms with Crippen molar-refractivity contribution in [2.24, 2.45) is 0 Å². The number of nitrogens with zero attached hydrogens (tertiary/aromatic N) is 2. The number of ether oxygens (including phenoxy) is 1. The lowest BCUT2D eigenvalue weighted by atomic mass is 10.1. The molecule has 0 saturated heterocycles. The highest BCUT2D eigenvalue weighted by Gasteiger charge is 2.20. The van der Waals surface area contributed by atoms with Crippen LogP contribution in [0.25, 0.3) is 0 Å². The molecule has 8 heteroatoms. The molecule has 3 rings (SSSR count). The number of carbonyl (C=O) groups is 2. The lowest BCUT2D eigenvalue weighted by Crippen LogP contribution is -2.16. The number of hydrogen-bond donors (Lipinski definition) is 0. The predicted octanol–water partition coefficient (Wildman–Crippen LogP) is 5.55. The SMILES string of the molecule is Cc1cc(C(=O)COC(=O)c2nc(Cl)ccc2Cl)c(C)n1Cc1ccccc1Cl. The molecule has 29 heavy (non-hydrogen) atoms. The number of halogens is 3. The van der Waals surface area contributed by atoms with Crippen LogP contribution in [-0.2, 0) is 11.3 Å². The Morgan fingerprint density at radius 3 is 2.48 bits per heavy atom. The molecular weight excluding hydrogens is 435 g/mol. The van der Waals surface area contributed by atoms with Crippen molar-refractivity contribution >= 4 is 46.6 Å². The third-order valence-corrected chi connectivity index (χ3v) is 5.38. The predicted molar refractivity (Wildman–Crippen MR) is 113 cm³/mol. The van der Waals surface area contributed by atoms with Crippen LogP contribution in [0.1, 0.15) is 37.8 Å². The zero-order chi connectivity index (χ0) is 21.1. The van der Waals surface area contributed by atoms with Gasteiger partial charge >= 0.3 is 5.97 Å². The van der Waals surface area contributed by atoms with E-state index in [1.165, 1.54) is 12.1 Å². The highest BCUT2D eigenvalue weighted by molar-refractivity contribution is 6.34. The molecule has 5 nitrogen and oxygen atoms in total. The quantitative estimate of drug-likeness (QED) is 0.280. The van der Waals surface area contributed by atoms with E-state index in [1.807, 2.05) is 42.7 Å². The Bertz CT molecular complexity index is 1090. The fourth-order valence-electron chi connectivity index (χ4n) is 2.96. The first-order valence-corrected chi connectivity index (χ1v) is 9.84. The molecule has 0 radical (unpaired) electrons. The highest BCUT2D eigenvalue weighted by atomic mass is 35.5. The maximum absolute atomic E-state index is 12.6. The van der Waals surface area contributed by atoms with Crippen molar-refractivity contribution in [3.63, 3.8) is 0 Å². The van der Waals surface area contributed by atoms with Gasteiger partial charge in [0.1, 0.15) is 5.15 Å². The molecule has 2 aromatic heterocycles. The first-order valence-electron chi connectivity index (χ1n) is 8.70. The summed E-state index contributed by atoms with van der Waals surface area (Å²) in [5.41, 5.74) is 2.96. The number of ketones is 1. The Hall–Kier alpha value is -2.34. The third kappa shape index (κ3) is 4.81. The number of benzene rings is 1. The number of hydrogen-bond acceptors (Lipinski definition) is 4. The first kappa shape index (κ1) is 21.4. The summed E-state index contributed by atoms with van der Waals surface area (Å²) in [5.74, 6) is -1.13. The molecule has 0 N–H and O–H groups in total. The monoisotopic (exact) mass is 450 g/mol. The van der Waals surface area contributed by atoms with Gasteiger partial charge in [-0.05, 0) is 43.7 Å². The van der Waals surface area contributed by atoms with Crippen LogP contribution in [0.3, 0.4) is 0 Å². The number of rotatable bonds is 6. The van der Waals surface area contributed by atoms with Crippen molar-refractivity contribution < 1.29 is 14.3 Å². The van der Waals surface area contributed by atoms with Crippen LogP contribution in [0.5, 0.6) is 0 Å². The van der Waals surface area contributed by atoms with Gasteiger partial charge in [0, 0.05) is 28.5 Å². The van der Waals surface area contributed by atoms with Crippen molar-refractivity contribution in [1.82, 2.24) is 9.55 Å². The van der Waals surface area contributed by atoms with Crippen LogP contribution in [0.4, 0.5) is 0 Å². The highest BCUT2D eigenvalue weighted by Crippen LogP contribution is 2.22. The largest absolute Gasteiger partial charge is 0.453 e. The molecule has 2 heterocycles. The minimum atomic E-state index is -0.810. The number of aromatic nitrogens is 2. The fourth-order valence-corrected chi connectivity index (χ4v) is 3.49. The molecule has 0 aliphatic carbocycles. The lowest BCUT2D eigenvalue weighted by molar-refractivity contribution is 0.0469. The van der Waals surface area contributed by atoms with Gasteiger partial charge in [-0.15, -0.1) is 0 Å². The second kappa shape index (κ2) is 8.99. The van der Waals surface area contributed by atoms with Gasteiger partial charge in [-0.25, -0.2) is 9.78 Å². The van der Waals surface area contributed by atoms with E-state index in [0.29, 0.717) is 17.1 Å². The Morgan fingerprint density at radius 1 is 1.03 bits per heavy atom. The third-order valence-electron chi connectivity index (χ3n) is 4.50. The zero-order valence-electron chi connectivity index (χ0n) is 15.7. The maximum Gasteiger partial charge on any atom is 0.359 e. The number of Topliss-reactive ketones (excluding diaryl/α,β-unsaturated/α-hetero) is 1. The Morgan fingerprint density at radius 2 is 1.76 bits per heavy atom. The van der Waals surface area contributed by atoms with Crippen molar-refractivity contribution in [3.05, 3.63) is 85.9 Å². The summed E-state index contributed by atoms with van der Waals surface area (Å²) in [7, 11) is 0. The van der Waals surface area contributed by atoms with E-state index in [4.69, 9.17) is 39.5 Å². The Labute approximate surface area is 183 Å². The van der Waals surface area contributed by atoms with Crippen molar-refractivity contribution in [1.29, 1.82) is 0 Å². The van der Waals surface area contributed by atoms with Crippen LogP contribution >= 0.6 is 34.8 Å². The van der Waals surface area contributed by atoms with E-state index in [9.17, 15) is 9.59 Å². The van der Waals surface area contributed by atoms with E-state index < -0.39 is 12.6 Å². The van der Waals surface area contributed by atoms with Crippen molar-refractivity contribution in [2.45, 2.75) is 20.4 Å². The molecule has 0 bridgehead atoms. The number of esters is 1. The van der Waals surface area contributed by atoms with Gasteiger partial charge < -0.3 is 9.30 Å². The molecule has 150 valence electrons. The van der Waals surface area contributed by atoms with Gasteiger partial charge in [-0.2, -0.15) is 0 Å². The topological polar surface area (TPSA) is 61.2 Å². The summed E-state index contributed by atoms with van der Waals surface area (Å²) in [5, 5.41) is 0.869. The minimum Gasteiger partial charge on any atom is -0.453 e. The standard InChI is InChI=1S/C21H17Cl3N2O3/c1-12-9-15(13(2)26(12)10-14-5-3-4-6-16(14)22)18(27)11-29-21(28)20-17(23)7-8-19(24)25-20/h3-9H,10-11H2,1-2H3. The van der Waals surface area contributed by atoms with Gasteiger partial charge in [0.05, 0.1) is 5.02 Å². The first-order chi connectivity index (χ1) is 13.8. The van der Waals surface area contributed by atoms with E-state index in [0.717, 1.165) is 17.0 Å². The molecule has 0 aliphatic heterocycles. The van der Waals surface area contributed by atoms with Crippen LogP contribution < -0.4 is 0 Å². The second-order valence-electron chi connectivity index (χ2n) is 6.43. The summed E-state index contributed by atoms with van der Waals surface area (Å²) < 4.78 is 7.09. The number of pyridine rings is 1. The molecule has 3 aromatic rings. The smallest absolute Gasteiger partial charge is 0.359 e. The van der Waals surface area contributed by atoms with Crippen molar-refractivity contribution in [3.8, 4) is 0 Å². The summed E-state index contributed by atoms with van der Waals surface area (Å²) in [6.07, 6.45) is 0. The molecule has 0 unspecified atom stereocenters. The molecule has 0 aliphatic rings. The number of aryl methyl sites for hydroxylation is 1. The fraction of sp³-hybridized carbons (Fsp3) is 0.190. The Kier molecular flexibility index (Phi) is 6.63. The normalized spacial score (nSPS) is 10.8. The van der Waals surface area contributed by atoms with E-state index in [-0.39, 0.29) is 21.7 Å². The van der Waals surface area contributed by atoms with E-state index in [2.05, 4.69) is 4.98 Å². The van der Waals surface area contributed by atoms with E-state index in [1.54, 1.807) is 6.07 Å². The van der Waals surface area contributed by atoms with Crippen LogP contribution in [0.2, 0.25) is 15.2 Å². The molecule has 0 atom stereocenters. The summed E-state index contributed by atoms with van der Waals surface area (Å²) in [6.45, 7) is 3.85. The molecule has 0 amide bonds. The average Bonchev–Trinajstić information content (AvgIpc) is 2.97. The number of carbonyl (C=O) groups excluding carboxylic acids is 2. The van der Waals surface area contributed by atoms with E-state index >= 15 is 0 Å². The summed E-state index contributed by atoms with van der Waals surface area (Å²) in [4.78, 5) is 28.7. The zero-order valence-corrected chi connectivity index (χ0v) is 18.0. The minimum absolute atomic E-state index is 0.102. The average molecular weight is 452 g/mol. The molecular formula is C21H17Cl3N2O3. The van der Waals surface area contributed by atoms with Crippen molar-refractivity contribution in [2.75, 3.05) is 6.61 Å². The molecule has 1 aromatic carbocycles. The lowest BCUT2D eigenvalue weighted by Gasteiger charge is -2.11. The Balaban J connectivity index is 1.74. The maximum atomic E-state index is 12.6. The van der Waals surface area contributed by atoms with Crippen LogP contribution in [-0.4, -0.2) is 27.9 Å². The van der Waals surface area contributed by atoms with Crippen LogP contribution in [0, 0.1) is 13.8 Å². The van der Waals surface area contributed by atoms with Gasteiger partial charge in [-0.1, -0.05) is 53.0 Å². The van der Waals surface area contributed by atoms with Gasteiger partial charge in [-0.3, -0.25) is 4.79 Å². The second-order valence-corrected chi connectivity index (χ2v) is 7.63.